The van der Waals surface area contributed by atoms with Gasteiger partial charge in [0.2, 0.25) is 0 Å². The van der Waals surface area contributed by atoms with E-state index < -0.39 is 0 Å². The highest BCUT2D eigenvalue weighted by atomic mass is 15.3. The molecule has 2 rings (SSSR count). The second-order valence-electron chi connectivity index (χ2n) is 4.47. The van der Waals surface area contributed by atoms with E-state index in [9.17, 15) is 0 Å². The smallest absolute Gasteiger partial charge is 0.138 e. The molecule has 0 saturated heterocycles. The van der Waals surface area contributed by atoms with Crippen molar-refractivity contribution in [1.82, 2.24) is 25.1 Å². The lowest BCUT2D eigenvalue weighted by Gasteiger charge is -2.17. The van der Waals surface area contributed by atoms with Crippen LogP contribution in [0.15, 0.2) is 30.7 Å². The first-order chi connectivity index (χ1) is 9.35. The van der Waals surface area contributed by atoms with Crippen molar-refractivity contribution in [3.8, 4) is 0 Å². The standard InChI is InChI=1S/C14H21N5/c1-3-9-19-14(17-11-18-19)10-13(15-4-2)12-7-5-6-8-16-12/h5-8,11,13,15H,3-4,9-10H2,1-2H3. The summed E-state index contributed by atoms with van der Waals surface area (Å²) in [7, 11) is 0. The van der Waals surface area contributed by atoms with E-state index in [0.29, 0.717) is 0 Å². The quantitative estimate of drug-likeness (QED) is 0.826. The van der Waals surface area contributed by atoms with E-state index in [0.717, 1.165) is 37.4 Å². The van der Waals surface area contributed by atoms with Crippen LogP contribution in [0, 0.1) is 0 Å². The Hall–Kier alpha value is -1.75. The van der Waals surface area contributed by atoms with Gasteiger partial charge in [-0.15, -0.1) is 0 Å². The molecule has 0 bridgehead atoms. The van der Waals surface area contributed by atoms with Gasteiger partial charge in [0.1, 0.15) is 12.2 Å². The average Bonchev–Trinajstić information content (AvgIpc) is 2.87. The monoisotopic (exact) mass is 259 g/mol. The van der Waals surface area contributed by atoms with Crippen molar-refractivity contribution < 1.29 is 0 Å². The number of hydrogen-bond acceptors (Lipinski definition) is 4. The maximum absolute atomic E-state index is 4.43. The van der Waals surface area contributed by atoms with E-state index >= 15 is 0 Å². The first-order valence-corrected chi connectivity index (χ1v) is 6.86. The van der Waals surface area contributed by atoms with E-state index in [-0.39, 0.29) is 6.04 Å². The Balaban J connectivity index is 2.14. The molecule has 2 aromatic rings. The summed E-state index contributed by atoms with van der Waals surface area (Å²) in [5.74, 6) is 1.01. The SMILES string of the molecule is CCCn1ncnc1CC(NCC)c1ccccn1. The van der Waals surface area contributed by atoms with Crippen LogP contribution < -0.4 is 5.32 Å². The molecule has 0 radical (unpaired) electrons. The lowest BCUT2D eigenvalue weighted by atomic mass is 10.1. The van der Waals surface area contributed by atoms with Gasteiger partial charge in [-0.25, -0.2) is 4.98 Å². The molecule has 19 heavy (non-hydrogen) atoms. The highest BCUT2D eigenvalue weighted by Crippen LogP contribution is 2.15. The van der Waals surface area contributed by atoms with Crippen molar-refractivity contribution in [1.29, 1.82) is 0 Å². The lowest BCUT2D eigenvalue weighted by Crippen LogP contribution is -2.25. The van der Waals surface area contributed by atoms with E-state index in [4.69, 9.17) is 0 Å². The van der Waals surface area contributed by atoms with Crippen LogP contribution in [-0.4, -0.2) is 26.3 Å². The second-order valence-corrected chi connectivity index (χ2v) is 4.47. The minimum atomic E-state index is 0.186. The molecule has 1 N–H and O–H groups in total. The van der Waals surface area contributed by atoms with Crippen molar-refractivity contribution in [2.45, 2.75) is 39.3 Å². The maximum atomic E-state index is 4.43. The minimum absolute atomic E-state index is 0.186. The van der Waals surface area contributed by atoms with Crippen LogP contribution in [0.5, 0.6) is 0 Å². The van der Waals surface area contributed by atoms with Gasteiger partial charge in [0.25, 0.3) is 0 Å². The van der Waals surface area contributed by atoms with E-state index in [1.807, 2.05) is 29.1 Å². The van der Waals surface area contributed by atoms with Gasteiger partial charge in [0, 0.05) is 19.2 Å². The second kappa shape index (κ2) is 6.99. The zero-order valence-electron chi connectivity index (χ0n) is 11.6. The Morgan fingerprint density at radius 3 is 2.84 bits per heavy atom. The molecule has 2 heterocycles. The molecule has 102 valence electrons. The van der Waals surface area contributed by atoms with Crippen molar-refractivity contribution in [2.75, 3.05) is 6.54 Å². The van der Waals surface area contributed by atoms with E-state index in [1.165, 1.54) is 0 Å². The Kier molecular flexibility index (Phi) is 5.03. The third-order valence-corrected chi connectivity index (χ3v) is 3.01. The number of nitrogens with one attached hydrogen (secondary N) is 1. The molecule has 0 aliphatic rings. The summed E-state index contributed by atoms with van der Waals surface area (Å²) in [6.07, 6.45) is 5.33. The molecule has 0 aromatic carbocycles. The zero-order chi connectivity index (χ0) is 13.5. The molecule has 0 saturated carbocycles. The largest absolute Gasteiger partial charge is 0.309 e. The Morgan fingerprint density at radius 2 is 2.16 bits per heavy atom. The Labute approximate surface area is 114 Å². The number of aryl methyl sites for hydroxylation is 1. The lowest BCUT2D eigenvalue weighted by molar-refractivity contribution is 0.491. The summed E-state index contributed by atoms with van der Waals surface area (Å²) in [6.45, 7) is 6.07. The molecule has 0 spiro atoms. The van der Waals surface area contributed by atoms with Gasteiger partial charge >= 0.3 is 0 Å². The van der Waals surface area contributed by atoms with Crippen LogP contribution in [0.2, 0.25) is 0 Å². The average molecular weight is 259 g/mol. The Bertz CT molecular complexity index is 480. The topological polar surface area (TPSA) is 55.6 Å². The van der Waals surface area contributed by atoms with Gasteiger partial charge in [-0.2, -0.15) is 5.10 Å². The molecule has 2 aromatic heterocycles. The van der Waals surface area contributed by atoms with Gasteiger partial charge < -0.3 is 5.32 Å². The fourth-order valence-corrected chi connectivity index (χ4v) is 2.14. The molecule has 5 heteroatoms. The molecule has 0 aliphatic carbocycles. The van der Waals surface area contributed by atoms with Gasteiger partial charge in [0.05, 0.1) is 11.7 Å². The molecular formula is C14H21N5. The number of hydrogen-bond donors (Lipinski definition) is 1. The molecule has 0 aliphatic heterocycles. The molecular weight excluding hydrogens is 238 g/mol. The van der Waals surface area contributed by atoms with Crippen LogP contribution in [0.4, 0.5) is 0 Å². The van der Waals surface area contributed by atoms with Gasteiger partial charge in [-0.3, -0.25) is 9.67 Å². The molecule has 0 amide bonds. The molecule has 1 atom stereocenters. The summed E-state index contributed by atoms with van der Waals surface area (Å²) in [4.78, 5) is 8.80. The summed E-state index contributed by atoms with van der Waals surface area (Å²) >= 11 is 0. The minimum Gasteiger partial charge on any atom is -0.309 e. The van der Waals surface area contributed by atoms with Crippen LogP contribution in [0.1, 0.15) is 37.8 Å². The number of pyridine rings is 1. The molecule has 1 unspecified atom stereocenters. The van der Waals surface area contributed by atoms with Crippen molar-refractivity contribution in [3.05, 3.63) is 42.2 Å². The predicted octanol–water partition coefficient (Wildman–Crippen LogP) is 1.98. The normalized spacial score (nSPS) is 12.5. The Morgan fingerprint density at radius 1 is 1.26 bits per heavy atom. The van der Waals surface area contributed by atoms with Crippen LogP contribution >= 0.6 is 0 Å². The van der Waals surface area contributed by atoms with E-state index in [1.54, 1.807) is 6.33 Å². The number of likely N-dealkylation sites (N-methyl/N-ethyl adjacent to an activating group) is 1. The summed E-state index contributed by atoms with van der Waals surface area (Å²) in [5, 5.41) is 7.73. The fraction of sp³-hybridized carbons (Fsp3) is 0.500. The number of rotatable bonds is 7. The molecule has 0 fully saturated rings. The summed E-state index contributed by atoms with van der Waals surface area (Å²) < 4.78 is 1.98. The summed E-state index contributed by atoms with van der Waals surface area (Å²) in [6, 6.07) is 6.19. The summed E-state index contributed by atoms with van der Waals surface area (Å²) in [5.41, 5.74) is 1.05. The van der Waals surface area contributed by atoms with Gasteiger partial charge in [0.15, 0.2) is 0 Å². The highest BCUT2D eigenvalue weighted by Gasteiger charge is 2.15. The third-order valence-electron chi connectivity index (χ3n) is 3.01. The van der Waals surface area contributed by atoms with Gasteiger partial charge in [-0.05, 0) is 25.1 Å². The third kappa shape index (κ3) is 3.61. The van der Waals surface area contributed by atoms with Crippen LogP contribution in [0.3, 0.4) is 0 Å². The van der Waals surface area contributed by atoms with Crippen LogP contribution in [-0.2, 0) is 13.0 Å². The van der Waals surface area contributed by atoms with E-state index in [2.05, 4.69) is 34.2 Å². The number of nitrogens with zero attached hydrogens (tertiary/aromatic N) is 4. The van der Waals surface area contributed by atoms with Crippen molar-refractivity contribution in [3.63, 3.8) is 0 Å². The van der Waals surface area contributed by atoms with Gasteiger partial charge in [-0.1, -0.05) is 19.9 Å². The zero-order valence-corrected chi connectivity index (χ0v) is 11.6. The first-order valence-electron chi connectivity index (χ1n) is 6.86. The maximum Gasteiger partial charge on any atom is 0.138 e. The fourth-order valence-electron chi connectivity index (χ4n) is 2.14. The predicted molar refractivity (Wildman–Crippen MR) is 74.7 cm³/mol. The van der Waals surface area contributed by atoms with Crippen molar-refractivity contribution >= 4 is 0 Å². The highest BCUT2D eigenvalue weighted by molar-refractivity contribution is 5.10. The van der Waals surface area contributed by atoms with Crippen LogP contribution in [0.25, 0.3) is 0 Å². The molecule has 5 nitrogen and oxygen atoms in total. The number of aromatic nitrogens is 4. The first kappa shape index (κ1) is 13.7. The van der Waals surface area contributed by atoms with Crippen molar-refractivity contribution in [2.24, 2.45) is 0 Å².